The Morgan fingerprint density at radius 1 is 1.38 bits per heavy atom. The third-order valence-corrected chi connectivity index (χ3v) is 3.35. The lowest BCUT2D eigenvalue weighted by Gasteiger charge is -2.38. The van der Waals surface area contributed by atoms with E-state index in [9.17, 15) is 4.79 Å². The molecular formula is C12H14BrNO2. The van der Waals surface area contributed by atoms with Crippen molar-refractivity contribution >= 4 is 22.0 Å². The predicted molar refractivity (Wildman–Crippen MR) is 65.1 cm³/mol. The summed E-state index contributed by atoms with van der Waals surface area (Å²) in [5, 5.41) is 2.87. The van der Waals surface area contributed by atoms with Crippen molar-refractivity contribution in [1.82, 2.24) is 5.32 Å². The molecule has 0 aromatic heterocycles. The lowest BCUT2D eigenvalue weighted by atomic mass is 9.80. The summed E-state index contributed by atoms with van der Waals surface area (Å²) in [5.74, 6) is 0. The van der Waals surface area contributed by atoms with Crippen molar-refractivity contribution in [2.24, 2.45) is 5.41 Å². The quantitative estimate of drug-likeness (QED) is 0.859. The minimum Gasteiger partial charge on any atom is -0.449 e. The molecule has 1 aromatic carbocycles. The van der Waals surface area contributed by atoms with Crippen molar-refractivity contribution < 1.29 is 9.53 Å². The van der Waals surface area contributed by atoms with Crippen LogP contribution in [0.2, 0.25) is 0 Å². The molecule has 1 N–H and O–H groups in total. The largest absolute Gasteiger partial charge is 0.449 e. The lowest BCUT2D eigenvalue weighted by Crippen LogP contribution is -2.46. The number of carbonyl (C=O) groups excluding carboxylic acids is 1. The Morgan fingerprint density at radius 3 is 2.62 bits per heavy atom. The van der Waals surface area contributed by atoms with Crippen LogP contribution < -0.4 is 5.32 Å². The Balaban J connectivity index is 2.30. The fourth-order valence-electron chi connectivity index (χ4n) is 1.88. The number of hydrogen-bond acceptors (Lipinski definition) is 2. The Hall–Kier alpha value is -1.03. The normalized spacial score (nSPS) is 23.4. The predicted octanol–water partition coefficient (Wildman–Crippen LogP) is 3.26. The lowest BCUT2D eigenvalue weighted by molar-refractivity contribution is 0.0387. The highest BCUT2D eigenvalue weighted by Crippen LogP contribution is 2.36. The van der Waals surface area contributed by atoms with Crippen molar-refractivity contribution in [3.05, 3.63) is 34.3 Å². The third-order valence-electron chi connectivity index (χ3n) is 2.82. The first kappa shape index (κ1) is 11.5. The smallest absolute Gasteiger partial charge is 0.407 e. The summed E-state index contributed by atoms with van der Waals surface area (Å²) in [6.45, 7) is 4.61. The van der Waals surface area contributed by atoms with Crippen molar-refractivity contribution in [2.75, 3.05) is 6.61 Å². The average molecular weight is 284 g/mol. The number of hydrogen-bond donors (Lipinski definition) is 1. The van der Waals surface area contributed by atoms with Crippen LogP contribution in [-0.4, -0.2) is 12.7 Å². The Morgan fingerprint density at radius 2 is 2.00 bits per heavy atom. The molecule has 1 atom stereocenters. The van der Waals surface area contributed by atoms with Gasteiger partial charge in [0.2, 0.25) is 0 Å². The van der Waals surface area contributed by atoms with Gasteiger partial charge in [0.15, 0.2) is 0 Å². The van der Waals surface area contributed by atoms with Crippen LogP contribution in [0, 0.1) is 5.41 Å². The van der Waals surface area contributed by atoms with E-state index in [2.05, 4.69) is 35.1 Å². The van der Waals surface area contributed by atoms with Crippen LogP contribution >= 0.6 is 15.9 Å². The van der Waals surface area contributed by atoms with E-state index in [0.29, 0.717) is 6.61 Å². The molecule has 0 saturated carbocycles. The standard InChI is InChI=1S/C12H14BrNO2/c1-12(2)7-16-11(15)14-10(12)8-3-5-9(13)6-4-8/h3-6,10H,7H2,1-2H3,(H,14,15)/t10-/m1/s1. The summed E-state index contributed by atoms with van der Waals surface area (Å²) >= 11 is 3.40. The second-order valence-corrected chi connectivity index (χ2v) is 5.61. The van der Waals surface area contributed by atoms with Gasteiger partial charge < -0.3 is 10.1 Å². The van der Waals surface area contributed by atoms with Crippen LogP contribution in [0.15, 0.2) is 28.7 Å². The van der Waals surface area contributed by atoms with Crippen molar-refractivity contribution in [3.8, 4) is 0 Å². The number of cyclic esters (lactones) is 1. The van der Waals surface area contributed by atoms with Gasteiger partial charge in [0, 0.05) is 9.89 Å². The zero-order valence-electron chi connectivity index (χ0n) is 9.29. The molecule has 0 bridgehead atoms. The van der Waals surface area contributed by atoms with Gasteiger partial charge in [-0.1, -0.05) is 41.9 Å². The first-order valence-electron chi connectivity index (χ1n) is 5.18. The van der Waals surface area contributed by atoms with E-state index < -0.39 is 0 Å². The molecule has 0 radical (unpaired) electrons. The van der Waals surface area contributed by atoms with E-state index >= 15 is 0 Å². The summed E-state index contributed by atoms with van der Waals surface area (Å²) in [5.41, 5.74) is 1.01. The van der Waals surface area contributed by atoms with Crippen LogP contribution in [0.1, 0.15) is 25.5 Å². The maximum absolute atomic E-state index is 11.3. The second-order valence-electron chi connectivity index (χ2n) is 4.69. The molecule has 1 amide bonds. The highest BCUT2D eigenvalue weighted by atomic mass is 79.9. The van der Waals surface area contributed by atoms with Gasteiger partial charge in [0.05, 0.1) is 6.04 Å². The Bertz CT molecular complexity index is 400. The van der Waals surface area contributed by atoms with Gasteiger partial charge in [-0.2, -0.15) is 0 Å². The molecule has 1 fully saturated rings. The molecule has 0 unspecified atom stereocenters. The van der Waals surface area contributed by atoms with Crippen LogP contribution in [0.4, 0.5) is 4.79 Å². The van der Waals surface area contributed by atoms with E-state index in [-0.39, 0.29) is 17.6 Å². The highest BCUT2D eigenvalue weighted by molar-refractivity contribution is 9.10. The van der Waals surface area contributed by atoms with Crippen LogP contribution in [0.3, 0.4) is 0 Å². The first-order valence-corrected chi connectivity index (χ1v) is 5.97. The minimum atomic E-state index is -0.341. The molecule has 1 heterocycles. The van der Waals surface area contributed by atoms with Gasteiger partial charge in [-0.3, -0.25) is 0 Å². The van der Waals surface area contributed by atoms with Crippen molar-refractivity contribution in [3.63, 3.8) is 0 Å². The number of rotatable bonds is 1. The molecule has 1 aliphatic heterocycles. The topological polar surface area (TPSA) is 38.3 Å². The maximum Gasteiger partial charge on any atom is 0.407 e. The van der Waals surface area contributed by atoms with E-state index in [1.165, 1.54) is 0 Å². The minimum absolute atomic E-state index is 0.00171. The number of benzene rings is 1. The SMILES string of the molecule is CC1(C)COC(=O)N[C@@H]1c1ccc(Br)cc1. The number of amides is 1. The zero-order chi connectivity index (χ0) is 11.8. The summed E-state index contributed by atoms with van der Waals surface area (Å²) in [6, 6.07) is 7.99. The van der Waals surface area contributed by atoms with Crippen molar-refractivity contribution in [1.29, 1.82) is 0 Å². The molecule has 1 aliphatic rings. The number of ether oxygens (including phenoxy) is 1. The van der Waals surface area contributed by atoms with E-state index in [1.54, 1.807) is 0 Å². The molecule has 16 heavy (non-hydrogen) atoms. The number of carbonyl (C=O) groups is 1. The third kappa shape index (κ3) is 2.21. The van der Waals surface area contributed by atoms with Gasteiger partial charge >= 0.3 is 6.09 Å². The molecule has 0 spiro atoms. The number of halogens is 1. The number of alkyl carbamates (subject to hydrolysis) is 1. The van der Waals surface area contributed by atoms with Crippen LogP contribution in [0.25, 0.3) is 0 Å². The van der Waals surface area contributed by atoms with E-state index in [0.717, 1.165) is 10.0 Å². The monoisotopic (exact) mass is 283 g/mol. The molecule has 86 valence electrons. The Kier molecular flexibility index (Phi) is 2.93. The maximum atomic E-state index is 11.3. The molecule has 3 nitrogen and oxygen atoms in total. The van der Waals surface area contributed by atoms with Gasteiger partial charge in [-0.05, 0) is 17.7 Å². The van der Waals surface area contributed by atoms with Crippen LogP contribution in [-0.2, 0) is 4.74 Å². The van der Waals surface area contributed by atoms with Crippen molar-refractivity contribution in [2.45, 2.75) is 19.9 Å². The zero-order valence-corrected chi connectivity index (χ0v) is 10.9. The molecular weight excluding hydrogens is 270 g/mol. The average Bonchev–Trinajstić information content (AvgIpc) is 2.23. The molecule has 0 aliphatic carbocycles. The fraction of sp³-hybridized carbons (Fsp3) is 0.417. The second kappa shape index (κ2) is 4.09. The summed E-state index contributed by atoms with van der Waals surface area (Å²) < 4.78 is 6.04. The summed E-state index contributed by atoms with van der Waals surface area (Å²) in [6.07, 6.45) is -0.341. The van der Waals surface area contributed by atoms with E-state index in [1.807, 2.05) is 24.3 Å². The fourth-order valence-corrected chi connectivity index (χ4v) is 2.14. The molecule has 4 heteroatoms. The molecule has 1 saturated heterocycles. The first-order chi connectivity index (χ1) is 7.49. The summed E-state index contributed by atoms with van der Waals surface area (Å²) in [4.78, 5) is 11.3. The summed E-state index contributed by atoms with van der Waals surface area (Å²) in [7, 11) is 0. The Labute approximate surface area is 103 Å². The van der Waals surface area contributed by atoms with Gasteiger partial charge in [-0.15, -0.1) is 0 Å². The van der Waals surface area contributed by atoms with E-state index in [4.69, 9.17) is 4.74 Å². The molecule has 2 rings (SSSR count). The van der Waals surface area contributed by atoms with Gasteiger partial charge in [0.25, 0.3) is 0 Å². The number of nitrogens with one attached hydrogen (secondary N) is 1. The van der Waals surface area contributed by atoms with Crippen LogP contribution in [0.5, 0.6) is 0 Å². The van der Waals surface area contributed by atoms with Gasteiger partial charge in [0.1, 0.15) is 6.61 Å². The molecule has 1 aromatic rings. The highest BCUT2D eigenvalue weighted by Gasteiger charge is 2.37. The van der Waals surface area contributed by atoms with Gasteiger partial charge in [-0.25, -0.2) is 4.79 Å².